The van der Waals surface area contributed by atoms with Crippen molar-refractivity contribution in [1.29, 1.82) is 0 Å². The van der Waals surface area contributed by atoms with Gasteiger partial charge in [0.05, 0.1) is 12.2 Å². The van der Waals surface area contributed by atoms with E-state index in [2.05, 4.69) is 20.0 Å². The van der Waals surface area contributed by atoms with Gasteiger partial charge in [-0.1, -0.05) is 0 Å². The van der Waals surface area contributed by atoms with Crippen molar-refractivity contribution in [3.63, 3.8) is 0 Å². The van der Waals surface area contributed by atoms with Gasteiger partial charge in [-0.05, 0) is 23.3 Å². The maximum absolute atomic E-state index is 12.0. The summed E-state index contributed by atoms with van der Waals surface area (Å²) in [6.45, 7) is 3.15. The summed E-state index contributed by atoms with van der Waals surface area (Å²) in [7, 11) is 1.66. The van der Waals surface area contributed by atoms with Crippen molar-refractivity contribution in [2.45, 2.75) is 20.0 Å². The molecule has 0 saturated carbocycles. The van der Waals surface area contributed by atoms with Crippen LogP contribution in [0.3, 0.4) is 0 Å². The second kappa shape index (κ2) is 4.86. The number of anilines is 1. The van der Waals surface area contributed by atoms with Crippen LogP contribution in [0.4, 0.5) is 5.82 Å². The molecule has 8 heteroatoms. The number of rotatable bonds is 4. The van der Waals surface area contributed by atoms with Crippen molar-refractivity contribution < 1.29 is 9.42 Å². The molecule has 0 fully saturated rings. The zero-order valence-electron chi connectivity index (χ0n) is 10.2. The van der Waals surface area contributed by atoms with Gasteiger partial charge in [0.1, 0.15) is 0 Å². The summed E-state index contributed by atoms with van der Waals surface area (Å²) < 4.78 is 6.22. The molecule has 0 aliphatic rings. The summed E-state index contributed by atoms with van der Waals surface area (Å²) in [5, 5.41) is 11.0. The second-order valence-corrected chi connectivity index (χ2v) is 3.80. The monoisotopic (exact) mass is 250 g/mol. The van der Waals surface area contributed by atoms with E-state index in [4.69, 9.17) is 5.73 Å². The molecule has 0 radical (unpaired) electrons. The summed E-state index contributed by atoms with van der Waals surface area (Å²) in [5.41, 5.74) is 6.44. The van der Waals surface area contributed by atoms with Gasteiger partial charge in [0.15, 0.2) is 0 Å². The van der Waals surface area contributed by atoms with Crippen molar-refractivity contribution in [3.8, 4) is 0 Å². The van der Waals surface area contributed by atoms with Crippen LogP contribution in [-0.2, 0) is 13.1 Å². The van der Waals surface area contributed by atoms with Gasteiger partial charge in [0.2, 0.25) is 11.5 Å². The Morgan fingerprint density at radius 1 is 1.56 bits per heavy atom. The molecule has 2 heterocycles. The predicted octanol–water partition coefficient (Wildman–Crippen LogP) is 0.140. The zero-order valence-corrected chi connectivity index (χ0v) is 10.2. The first-order valence-electron chi connectivity index (χ1n) is 5.47. The number of carbonyl (C=O) groups is 1. The summed E-state index contributed by atoms with van der Waals surface area (Å²) in [5.74, 6) is -0.339. The molecule has 2 N–H and O–H groups in total. The van der Waals surface area contributed by atoms with Gasteiger partial charge in [-0.3, -0.25) is 9.48 Å². The van der Waals surface area contributed by atoms with E-state index >= 15 is 0 Å². The van der Waals surface area contributed by atoms with E-state index in [0.717, 1.165) is 12.2 Å². The Bertz CT molecular complexity index is 546. The molecule has 2 aromatic rings. The maximum Gasteiger partial charge on any atom is 0.280 e. The average molecular weight is 250 g/mol. The van der Waals surface area contributed by atoms with E-state index < -0.39 is 0 Å². The minimum Gasteiger partial charge on any atom is -0.379 e. The van der Waals surface area contributed by atoms with Crippen molar-refractivity contribution in [2.24, 2.45) is 0 Å². The molecule has 0 aliphatic heterocycles. The van der Waals surface area contributed by atoms with Crippen LogP contribution in [0.1, 0.15) is 23.1 Å². The minimum absolute atomic E-state index is 0.00384. The van der Waals surface area contributed by atoms with Gasteiger partial charge < -0.3 is 10.6 Å². The smallest absolute Gasteiger partial charge is 0.280 e. The van der Waals surface area contributed by atoms with E-state index in [0.29, 0.717) is 6.54 Å². The average Bonchev–Trinajstić information content (AvgIpc) is 2.96. The SMILES string of the molecule is CCn1nccc1CN(C)C(=O)c1nonc1N. The summed E-state index contributed by atoms with van der Waals surface area (Å²) in [6, 6.07) is 1.86. The first-order valence-corrected chi connectivity index (χ1v) is 5.47. The minimum atomic E-state index is -0.336. The van der Waals surface area contributed by atoms with Gasteiger partial charge in [0, 0.05) is 19.8 Å². The molecule has 18 heavy (non-hydrogen) atoms. The lowest BCUT2D eigenvalue weighted by molar-refractivity contribution is 0.0771. The lowest BCUT2D eigenvalue weighted by atomic mass is 10.3. The molecule has 0 unspecified atom stereocenters. The van der Waals surface area contributed by atoms with E-state index in [9.17, 15) is 4.79 Å². The Hall–Kier alpha value is -2.38. The fourth-order valence-electron chi connectivity index (χ4n) is 1.62. The third kappa shape index (κ3) is 2.17. The van der Waals surface area contributed by atoms with Crippen LogP contribution in [0.15, 0.2) is 16.9 Å². The number of nitrogens with zero attached hydrogens (tertiary/aromatic N) is 5. The Kier molecular flexibility index (Phi) is 3.26. The molecule has 1 amide bonds. The number of nitrogens with two attached hydrogens (primary N) is 1. The number of carbonyl (C=O) groups excluding carboxylic acids is 1. The van der Waals surface area contributed by atoms with Gasteiger partial charge >= 0.3 is 0 Å². The molecule has 96 valence electrons. The number of hydrogen-bond acceptors (Lipinski definition) is 6. The Labute approximate surface area is 103 Å². The molecule has 0 bridgehead atoms. The number of hydrogen-bond donors (Lipinski definition) is 1. The highest BCUT2D eigenvalue weighted by Crippen LogP contribution is 2.10. The molecule has 0 atom stereocenters. The molecule has 2 rings (SSSR count). The van der Waals surface area contributed by atoms with Crippen LogP contribution in [0, 0.1) is 0 Å². The topological polar surface area (TPSA) is 103 Å². The molecule has 0 spiro atoms. The first kappa shape index (κ1) is 12.1. The van der Waals surface area contributed by atoms with Crippen LogP contribution in [0.25, 0.3) is 0 Å². The molecule has 2 aromatic heterocycles. The van der Waals surface area contributed by atoms with Crippen LogP contribution in [0.5, 0.6) is 0 Å². The zero-order chi connectivity index (χ0) is 13.1. The number of aromatic nitrogens is 4. The Morgan fingerprint density at radius 3 is 2.94 bits per heavy atom. The number of aryl methyl sites for hydroxylation is 1. The number of amides is 1. The standard InChI is InChI=1S/C10H14N6O2/c1-3-16-7(4-5-12-16)6-15(2)10(17)8-9(11)14-18-13-8/h4-5H,3,6H2,1-2H3,(H2,11,14). The van der Waals surface area contributed by atoms with Crippen LogP contribution in [-0.4, -0.2) is 37.9 Å². The largest absolute Gasteiger partial charge is 0.379 e. The summed E-state index contributed by atoms with van der Waals surface area (Å²) in [6.07, 6.45) is 1.70. The van der Waals surface area contributed by atoms with Gasteiger partial charge in [-0.2, -0.15) is 5.10 Å². The van der Waals surface area contributed by atoms with Crippen LogP contribution in [0.2, 0.25) is 0 Å². The molecule has 8 nitrogen and oxygen atoms in total. The third-order valence-corrected chi connectivity index (χ3v) is 2.57. The Morgan fingerprint density at radius 2 is 2.33 bits per heavy atom. The third-order valence-electron chi connectivity index (χ3n) is 2.57. The molecular weight excluding hydrogens is 236 g/mol. The fraction of sp³-hybridized carbons (Fsp3) is 0.400. The maximum atomic E-state index is 12.0. The van der Waals surface area contributed by atoms with Gasteiger partial charge in [0.25, 0.3) is 5.91 Å². The van der Waals surface area contributed by atoms with Gasteiger partial charge in [-0.25, -0.2) is 4.63 Å². The number of nitrogen functional groups attached to an aromatic ring is 1. The Balaban J connectivity index is 2.11. The van der Waals surface area contributed by atoms with Crippen molar-refractivity contribution in [3.05, 3.63) is 23.7 Å². The predicted molar refractivity (Wildman–Crippen MR) is 62.4 cm³/mol. The van der Waals surface area contributed by atoms with Crippen molar-refractivity contribution in [1.82, 2.24) is 25.0 Å². The van der Waals surface area contributed by atoms with Gasteiger partial charge in [-0.15, -0.1) is 0 Å². The molecule has 0 aromatic carbocycles. The van der Waals surface area contributed by atoms with E-state index in [1.165, 1.54) is 4.90 Å². The lowest BCUT2D eigenvalue weighted by Crippen LogP contribution is -2.28. The second-order valence-electron chi connectivity index (χ2n) is 3.80. The quantitative estimate of drug-likeness (QED) is 0.827. The van der Waals surface area contributed by atoms with E-state index in [1.54, 1.807) is 13.2 Å². The van der Waals surface area contributed by atoms with Crippen LogP contribution < -0.4 is 5.73 Å². The lowest BCUT2D eigenvalue weighted by Gasteiger charge is -2.16. The first-order chi connectivity index (χ1) is 8.63. The fourth-order valence-corrected chi connectivity index (χ4v) is 1.62. The normalized spacial score (nSPS) is 10.6. The van der Waals surface area contributed by atoms with Crippen molar-refractivity contribution in [2.75, 3.05) is 12.8 Å². The van der Waals surface area contributed by atoms with E-state index in [1.807, 2.05) is 17.7 Å². The summed E-state index contributed by atoms with van der Waals surface area (Å²) in [4.78, 5) is 13.5. The highest BCUT2D eigenvalue weighted by Gasteiger charge is 2.20. The highest BCUT2D eigenvalue weighted by atomic mass is 16.6. The molecule has 0 aliphatic carbocycles. The van der Waals surface area contributed by atoms with Crippen LogP contribution >= 0.6 is 0 Å². The molecular formula is C10H14N6O2. The molecule has 0 saturated heterocycles. The van der Waals surface area contributed by atoms with E-state index in [-0.39, 0.29) is 17.4 Å². The summed E-state index contributed by atoms with van der Waals surface area (Å²) >= 11 is 0. The highest BCUT2D eigenvalue weighted by molar-refractivity contribution is 5.95. The van der Waals surface area contributed by atoms with Crippen molar-refractivity contribution >= 4 is 11.7 Å².